The van der Waals surface area contributed by atoms with E-state index in [0.29, 0.717) is 11.8 Å². The minimum absolute atomic E-state index is 0.187. The fraction of sp³-hybridized carbons (Fsp3) is 0.435. The standard InChI is InChI=1S/C23H29N3O/c1-24-23(26-14-12-21(17-26)18-8-4-2-5-9-18)25-16-20-13-15-27-22(20)19-10-6-3-7-11-19/h2-11,20-22H,12-17H2,1H3,(H,24,25). The van der Waals surface area contributed by atoms with Crippen LogP contribution < -0.4 is 5.32 Å². The Balaban J connectivity index is 1.34. The lowest BCUT2D eigenvalue weighted by Gasteiger charge is -2.25. The van der Waals surface area contributed by atoms with Crippen LogP contribution in [-0.2, 0) is 4.74 Å². The summed E-state index contributed by atoms with van der Waals surface area (Å²) in [5, 5.41) is 3.62. The highest BCUT2D eigenvalue weighted by molar-refractivity contribution is 5.80. The lowest BCUT2D eigenvalue weighted by atomic mass is 9.95. The summed E-state index contributed by atoms with van der Waals surface area (Å²) >= 11 is 0. The van der Waals surface area contributed by atoms with E-state index in [4.69, 9.17) is 4.74 Å². The molecule has 142 valence electrons. The van der Waals surface area contributed by atoms with Crippen molar-refractivity contribution in [2.45, 2.75) is 24.9 Å². The predicted molar refractivity (Wildman–Crippen MR) is 110 cm³/mol. The average molecular weight is 364 g/mol. The first-order valence-electron chi connectivity index (χ1n) is 10.0. The summed E-state index contributed by atoms with van der Waals surface area (Å²) < 4.78 is 6.02. The number of hydrogen-bond donors (Lipinski definition) is 1. The minimum atomic E-state index is 0.187. The minimum Gasteiger partial charge on any atom is -0.373 e. The number of hydrogen-bond acceptors (Lipinski definition) is 2. The van der Waals surface area contributed by atoms with Crippen molar-refractivity contribution in [2.75, 3.05) is 33.3 Å². The van der Waals surface area contributed by atoms with E-state index < -0.39 is 0 Å². The van der Waals surface area contributed by atoms with Crippen LogP contribution in [0.1, 0.15) is 36.0 Å². The molecular formula is C23H29N3O. The van der Waals surface area contributed by atoms with Gasteiger partial charge in [-0.2, -0.15) is 0 Å². The summed E-state index contributed by atoms with van der Waals surface area (Å²) in [5.74, 6) is 2.10. The molecule has 2 heterocycles. The molecule has 0 spiro atoms. The van der Waals surface area contributed by atoms with E-state index in [1.807, 2.05) is 7.05 Å². The van der Waals surface area contributed by atoms with Gasteiger partial charge < -0.3 is 15.0 Å². The van der Waals surface area contributed by atoms with Crippen LogP contribution in [0.15, 0.2) is 65.7 Å². The van der Waals surface area contributed by atoms with E-state index in [1.165, 1.54) is 17.5 Å². The summed E-state index contributed by atoms with van der Waals surface area (Å²) in [6.45, 7) is 3.83. The summed E-state index contributed by atoms with van der Waals surface area (Å²) in [4.78, 5) is 6.94. The van der Waals surface area contributed by atoms with Gasteiger partial charge in [0.05, 0.1) is 6.10 Å². The Bertz CT molecular complexity index is 747. The average Bonchev–Trinajstić information content (AvgIpc) is 3.40. The summed E-state index contributed by atoms with van der Waals surface area (Å²) in [5.41, 5.74) is 2.71. The van der Waals surface area contributed by atoms with Crippen LogP contribution in [0.2, 0.25) is 0 Å². The maximum Gasteiger partial charge on any atom is 0.193 e. The van der Waals surface area contributed by atoms with E-state index in [9.17, 15) is 0 Å². The molecule has 0 bridgehead atoms. The van der Waals surface area contributed by atoms with Gasteiger partial charge in [-0.1, -0.05) is 60.7 Å². The third-order valence-electron chi connectivity index (χ3n) is 5.84. The molecule has 4 rings (SSSR count). The number of rotatable bonds is 4. The quantitative estimate of drug-likeness (QED) is 0.663. The molecule has 2 aromatic rings. The van der Waals surface area contributed by atoms with Crippen LogP contribution in [0.25, 0.3) is 0 Å². The van der Waals surface area contributed by atoms with Crippen molar-refractivity contribution in [1.82, 2.24) is 10.2 Å². The van der Waals surface area contributed by atoms with E-state index in [-0.39, 0.29) is 6.10 Å². The van der Waals surface area contributed by atoms with Crippen molar-refractivity contribution in [2.24, 2.45) is 10.9 Å². The molecule has 4 heteroatoms. The first-order chi connectivity index (χ1) is 13.3. The number of benzene rings is 2. The van der Waals surface area contributed by atoms with Crippen LogP contribution in [-0.4, -0.2) is 44.1 Å². The van der Waals surface area contributed by atoms with Crippen LogP contribution in [0.5, 0.6) is 0 Å². The van der Waals surface area contributed by atoms with Gasteiger partial charge in [-0.3, -0.25) is 4.99 Å². The molecule has 1 N–H and O–H groups in total. The molecule has 0 aromatic heterocycles. The van der Waals surface area contributed by atoms with Gasteiger partial charge in [0.1, 0.15) is 0 Å². The molecule has 0 amide bonds. The number of nitrogens with one attached hydrogen (secondary N) is 1. The van der Waals surface area contributed by atoms with Gasteiger partial charge in [-0.25, -0.2) is 0 Å². The third-order valence-corrected chi connectivity index (χ3v) is 5.84. The zero-order valence-electron chi connectivity index (χ0n) is 16.1. The highest BCUT2D eigenvalue weighted by Crippen LogP contribution is 2.34. The molecule has 4 nitrogen and oxygen atoms in total. The van der Waals surface area contributed by atoms with E-state index in [2.05, 4.69) is 75.9 Å². The van der Waals surface area contributed by atoms with Crippen LogP contribution >= 0.6 is 0 Å². The van der Waals surface area contributed by atoms with Crippen LogP contribution in [0.4, 0.5) is 0 Å². The van der Waals surface area contributed by atoms with Crippen molar-refractivity contribution in [3.63, 3.8) is 0 Å². The number of guanidine groups is 1. The zero-order valence-corrected chi connectivity index (χ0v) is 16.1. The normalized spacial score (nSPS) is 25.7. The number of ether oxygens (including phenoxy) is 1. The molecule has 2 aliphatic rings. The molecule has 27 heavy (non-hydrogen) atoms. The Labute approximate surface area is 162 Å². The first-order valence-corrected chi connectivity index (χ1v) is 10.0. The highest BCUT2D eigenvalue weighted by Gasteiger charge is 2.31. The van der Waals surface area contributed by atoms with Gasteiger partial charge in [-0.05, 0) is 24.0 Å². The second-order valence-corrected chi connectivity index (χ2v) is 7.52. The molecule has 2 aliphatic heterocycles. The fourth-order valence-corrected chi connectivity index (χ4v) is 4.36. The molecule has 2 aromatic carbocycles. The zero-order chi connectivity index (χ0) is 18.5. The summed E-state index contributed by atoms with van der Waals surface area (Å²) in [6.07, 6.45) is 2.47. The lowest BCUT2D eigenvalue weighted by molar-refractivity contribution is 0.0914. The van der Waals surface area contributed by atoms with Crippen LogP contribution in [0.3, 0.4) is 0 Å². The Hall–Kier alpha value is -2.33. The molecule has 0 aliphatic carbocycles. The van der Waals surface area contributed by atoms with Crippen LogP contribution in [0, 0.1) is 5.92 Å². The van der Waals surface area contributed by atoms with Gasteiger partial charge in [0.15, 0.2) is 5.96 Å². The van der Waals surface area contributed by atoms with E-state index >= 15 is 0 Å². The predicted octanol–water partition coefficient (Wildman–Crippen LogP) is 3.83. The summed E-state index contributed by atoms with van der Waals surface area (Å²) in [6, 6.07) is 21.4. The molecule has 3 atom stereocenters. The highest BCUT2D eigenvalue weighted by atomic mass is 16.5. The topological polar surface area (TPSA) is 36.9 Å². The molecule has 3 unspecified atom stereocenters. The lowest BCUT2D eigenvalue weighted by Crippen LogP contribution is -2.42. The monoisotopic (exact) mass is 363 g/mol. The van der Waals surface area contributed by atoms with Crippen molar-refractivity contribution >= 4 is 5.96 Å². The molecule has 0 radical (unpaired) electrons. The fourth-order valence-electron chi connectivity index (χ4n) is 4.36. The van der Waals surface area contributed by atoms with Gasteiger partial charge in [-0.15, -0.1) is 0 Å². The Morgan fingerprint density at radius 1 is 1.04 bits per heavy atom. The third kappa shape index (κ3) is 4.16. The van der Waals surface area contributed by atoms with E-state index in [1.54, 1.807) is 0 Å². The first kappa shape index (κ1) is 18.1. The molecule has 2 fully saturated rings. The van der Waals surface area contributed by atoms with Gasteiger partial charge in [0, 0.05) is 45.1 Å². The van der Waals surface area contributed by atoms with E-state index in [0.717, 1.165) is 38.6 Å². The SMILES string of the molecule is CN=C(NCC1CCOC1c1ccccc1)N1CCC(c2ccccc2)C1. The Morgan fingerprint density at radius 3 is 2.44 bits per heavy atom. The smallest absolute Gasteiger partial charge is 0.193 e. The van der Waals surface area contributed by atoms with Crippen molar-refractivity contribution in [3.8, 4) is 0 Å². The van der Waals surface area contributed by atoms with Gasteiger partial charge in [0.2, 0.25) is 0 Å². The van der Waals surface area contributed by atoms with Gasteiger partial charge in [0.25, 0.3) is 0 Å². The maximum atomic E-state index is 6.02. The number of aliphatic imine (C=N–C) groups is 1. The maximum absolute atomic E-state index is 6.02. The van der Waals surface area contributed by atoms with Crippen molar-refractivity contribution in [3.05, 3.63) is 71.8 Å². The van der Waals surface area contributed by atoms with Gasteiger partial charge >= 0.3 is 0 Å². The second-order valence-electron chi connectivity index (χ2n) is 7.52. The van der Waals surface area contributed by atoms with Crippen molar-refractivity contribution in [1.29, 1.82) is 0 Å². The Kier molecular flexibility index (Phi) is 5.73. The second kappa shape index (κ2) is 8.57. The molecule has 0 saturated carbocycles. The number of likely N-dealkylation sites (tertiary alicyclic amines) is 1. The summed E-state index contributed by atoms with van der Waals surface area (Å²) in [7, 11) is 1.89. The largest absolute Gasteiger partial charge is 0.373 e. The number of nitrogens with zero attached hydrogens (tertiary/aromatic N) is 2. The molecular weight excluding hydrogens is 334 g/mol. The van der Waals surface area contributed by atoms with Crippen molar-refractivity contribution < 1.29 is 4.74 Å². The molecule has 2 saturated heterocycles. The Morgan fingerprint density at radius 2 is 1.74 bits per heavy atom.